The zero-order valence-electron chi connectivity index (χ0n) is 26.3. The van der Waals surface area contributed by atoms with Gasteiger partial charge >= 0.3 is 0 Å². The molecule has 0 aliphatic heterocycles. The molecule has 206 valence electrons. The van der Waals surface area contributed by atoms with Crippen LogP contribution in [0.2, 0.25) is 36.3 Å². The standard InChI is InChI=1S/C32H58O2Si2/c1-23(2)25-17-18-31(9)19-20-32(10)26(28(25)31)16-15-24(22-33-35(11,12)29(3,4)5)21-27(32)34-36(13,14)30(6,7)8/h15-16,22-23,26-27H,17-21H2,1-14H3/b24-22-/t26-,27+,31+,32+/m0/s1. The Bertz CT molecular complexity index is 925. The van der Waals surface area contributed by atoms with Crippen LogP contribution in [0.15, 0.2) is 35.1 Å². The second-order valence-corrected chi connectivity index (χ2v) is 25.7. The minimum atomic E-state index is -1.95. The summed E-state index contributed by atoms with van der Waals surface area (Å²) >= 11 is 0. The van der Waals surface area contributed by atoms with E-state index in [0.29, 0.717) is 17.3 Å². The number of fused-ring (bicyclic) bond motifs is 3. The molecular formula is C32H58O2Si2. The van der Waals surface area contributed by atoms with Crippen molar-refractivity contribution in [1.82, 2.24) is 0 Å². The third-order valence-electron chi connectivity index (χ3n) is 11.1. The molecule has 1 fully saturated rings. The first-order valence-corrected chi connectivity index (χ1v) is 20.4. The maximum atomic E-state index is 7.39. The maximum Gasteiger partial charge on any atom is 0.249 e. The van der Waals surface area contributed by atoms with Crippen molar-refractivity contribution in [3.63, 3.8) is 0 Å². The van der Waals surface area contributed by atoms with Gasteiger partial charge < -0.3 is 8.85 Å². The smallest absolute Gasteiger partial charge is 0.249 e. The first-order valence-electron chi connectivity index (χ1n) is 14.6. The Kier molecular flexibility index (Phi) is 7.95. The molecule has 0 amide bonds. The Hall–Kier alpha value is -0.586. The van der Waals surface area contributed by atoms with E-state index in [0.717, 1.165) is 6.42 Å². The van der Waals surface area contributed by atoms with Crippen molar-refractivity contribution >= 4 is 16.6 Å². The molecule has 1 saturated carbocycles. The lowest BCUT2D eigenvalue weighted by molar-refractivity contribution is -0.00851. The van der Waals surface area contributed by atoms with Gasteiger partial charge in [-0.2, -0.15) is 0 Å². The van der Waals surface area contributed by atoms with E-state index < -0.39 is 16.6 Å². The van der Waals surface area contributed by atoms with Crippen molar-refractivity contribution in [2.24, 2.45) is 22.7 Å². The summed E-state index contributed by atoms with van der Waals surface area (Å²) in [7, 11) is -3.82. The van der Waals surface area contributed by atoms with Crippen LogP contribution < -0.4 is 0 Å². The third-order valence-corrected chi connectivity index (χ3v) is 19.9. The Morgan fingerprint density at radius 2 is 1.50 bits per heavy atom. The van der Waals surface area contributed by atoms with E-state index in [1.165, 1.54) is 31.3 Å². The normalized spacial score (nSPS) is 33.1. The van der Waals surface area contributed by atoms with Gasteiger partial charge in [0, 0.05) is 17.8 Å². The van der Waals surface area contributed by atoms with Gasteiger partial charge in [0.1, 0.15) is 0 Å². The van der Waals surface area contributed by atoms with Crippen LogP contribution in [0.1, 0.15) is 101 Å². The molecule has 36 heavy (non-hydrogen) atoms. The first kappa shape index (κ1) is 30.0. The SMILES string of the molecule is CC(C)C1=C2[C@@H]3C=C/C(=C/O[Si](C)(C)C(C)(C)C)C[C@@H](O[Si](C)(C)C(C)(C)C)[C@]3(C)CC[C@@]2(C)CC1. The first-order chi connectivity index (χ1) is 16.1. The summed E-state index contributed by atoms with van der Waals surface area (Å²) < 4.78 is 14.0. The minimum absolute atomic E-state index is 0.109. The van der Waals surface area contributed by atoms with E-state index >= 15 is 0 Å². The van der Waals surface area contributed by atoms with Gasteiger partial charge in [0.2, 0.25) is 8.32 Å². The van der Waals surface area contributed by atoms with Crippen LogP contribution in [0.3, 0.4) is 0 Å². The lowest BCUT2D eigenvalue weighted by Crippen LogP contribution is -2.52. The maximum absolute atomic E-state index is 7.39. The van der Waals surface area contributed by atoms with Crippen LogP contribution in [-0.2, 0) is 8.85 Å². The van der Waals surface area contributed by atoms with Crippen LogP contribution in [0.25, 0.3) is 0 Å². The summed E-state index contributed by atoms with van der Waals surface area (Å²) in [5.41, 5.74) is 5.26. The molecule has 4 atom stereocenters. The zero-order chi connectivity index (χ0) is 27.5. The Balaban J connectivity index is 2.12. The topological polar surface area (TPSA) is 18.5 Å². The van der Waals surface area contributed by atoms with E-state index in [9.17, 15) is 0 Å². The summed E-state index contributed by atoms with van der Waals surface area (Å²) in [6, 6.07) is 0. The van der Waals surface area contributed by atoms with Crippen molar-refractivity contribution in [3.05, 3.63) is 35.1 Å². The van der Waals surface area contributed by atoms with Crippen LogP contribution in [0.5, 0.6) is 0 Å². The fraction of sp³-hybridized carbons (Fsp3) is 0.812. The minimum Gasteiger partial charge on any atom is -0.549 e. The summed E-state index contributed by atoms with van der Waals surface area (Å²) in [4.78, 5) is 0. The Labute approximate surface area is 226 Å². The molecular weight excluding hydrogens is 473 g/mol. The van der Waals surface area contributed by atoms with Gasteiger partial charge in [-0.05, 0) is 78.9 Å². The van der Waals surface area contributed by atoms with Crippen LogP contribution in [-0.4, -0.2) is 22.7 Å². The van der Waals surface area contributed by atoms with Crippen molar-refractivity contribution < 1.29 is 8.85 Å². The summed E-state index contributed by atoms with van der Waals surface area (Å²) in [5, 5.41) is 0.386. The van der Waals surface area contributed by atoms with Crippen molar-refractivity contribution in [3.8, 4) is 0 Å². The molecule has 3 aliphatic rings. The summed E-state index contributed by atoms with van der Waals surface area (Å²) in [6.07, 6.45) is 13.4. The number of rotatable bonds is 5. The second-order valence-electron chi connectivity index (χ2n) is 16.1. The molecule has 0 bridgehead atoms. The highest BCUT2D eigenvalue weighted by Gasteiger charge is 2.56. The van der Waals surface area contributed by atoms with E-state index in [1.54, 1.807) is 11.1 Å². The average molecular weight is 531 g/mol. The van der Waals surface area contributed by atoms with E-state index in [-0.39, 0.29) is 21.6 Å². The molecule has 4 heteroatoms. The third kappa shape index (κ3) is 5.43. The molecule has 0 unspecified atom stereocenters. The molecule has 0 aromatic carbocycles. The van der Waals surface area contributed by atoms with Gasteiger partial charge in [0.25, 0.3) is 0 Å². The van der Waals surface area contributed by atoms with Crippen LogP contribution in [0, 0.1) is 22.7 Å². The van der Waals surface area contributed by atoms with Crippen molar-refractivity contribution in [2.45, 2.75) is 144 Å². The van der Waals surface area contributed by atoms with Gasteiger partial charge in [0.15, 0.2) is 8.32 Å². The van der Waals surface area contributed by atoms with Gasteiger partial charge in [-0.25, -0.2) is 0 Å². The van der Waals surface area contributed by atoms with Gasteiger partial charge in [0.05, 0.1) is 12.4 Å². The van der Waals surface area contributed by atoms with Gasteiger partial charge in [-0.15, -0.1) is 0 Å². The molecule has 3 aliphatic carbocycles. The van der Waals surface area contributed by atoms with Crippen LogP contribution >= 0.6 is 0 Å². The summed E-state index contributed by atoms with van der Waals surface area (Å²) in [5.74, 6) is 1.07. The molecule has 0 heterocycles. The fourth-order valence-corrected chi connectivity index (χ4v) is 8.36. The predicted molar refractivity (Wildman–Crippen MR) is 162 cm³/mol. The highest BCUT2D eigenvalue weighted by atomic mass is 28.4. The molecule has 3 rings (SSSR count). The van der Waals surface area contributed by atoms with Gasteiger partial charge in [-0.3, -0.25) is 0 Å². The second kappa shape index (κ2) is 9.55. The molecule has 0 radical (unpaired) electrons. The number of hydrogen-bond acceptors (Lipinski definition) is 2. The average Bonchev–Trinajstić information content (AvgIpc) is 2.99. The quantitative estimate of drug-likeness (QED) is 0.200. The highest BCUT2D eigenvalue weighted by molar-refractivity contribution is 6.74. The van der Waals surface area contributed by atoms with Gasteiger partial charge in [-0.1, -0.05) is 92.5 Å². The van der Waals surface area contributed by atoms with E-state index in [1.807, 2.05) is 0 Å². The van der Waals surface area contributed by atoms with Crippen LogP contribution in [0.4, 0.5) is 0 Å². The zero-order valence-corrected chi connectivity index (χ0v) is 28.3. The fourth-order valence-electron chi connectivity index (χ4n) is 6.14. The number of hydrogen-bond donors (Lipinski definition) is 0. The molecule has 2 nitrogen and oxygen atoms in total. The molecule has 0 aromatic rings. The Morgan fingerprint density at radius 1 is 0.917 bits per heavy atom. The predicted octanol–water partition coefficient (Wildman–Crippen LogP) is 10.4. The lowest BCUT2D eigenvalue weighted by Gasteiger charge is -2.54. The largest absolute Gasteiger partial charge is 0.549 e. The van der Waals surface area contributed by atoms with E-state index in [4.69, 9.17) is 8.85 Å². The molecule has 0 spiro atoms. The molecule has 0 N–H and O–H groups in total. The Morgan fingerprint density at radius 3 is 2.03 bits per heavy atom. The molecule has 0 saturated heterocycles. The monoisotopic (exact) mass is 530 g/mol. The van der Waals surface area contributed by atoms with Crippen molar-refractivity contribution in [2.75, 3.05) is 0 Å². The molecule has 0 aromatic heterocycles. The summed E-state index contributed by atoms with van der Waals surface area (Å²) in [6.45, 7) is 33.6. The highest BCUT2D eigenvalue weighted by Crippen LogP contribution is 2.63. The number of allylic oxidation sites excluding steroid dienone is 4. The van der Waals surface area contributed by atoms with E-state index in [2.05, 4.69) is 114 Å². The van der Waals surface area contributed by atoms with Crippen molar-refractivity contribution in [1.29, 1.82) is 0 Å². The lowest BCUT2D eigenvalue weighted by atomic mass is 9.55.